The Kier molecular flexibility index (Phi) is 2.28. The molecule has 5 bridgehead atoms. The van der Waals surface area contributed by atoms with Crippen LogP contribution in [-0.2, 0) is 0 Å². The quantitative estimate of drug-likeness (QED) is 0.556. The highest BCUT2D eigenvalue weighted by Gasteiger charge is 2.89. The van der Waals surface area contributed by atoms with Gasteiger partial charge in [0.1, 0.15) is 0 Å². The van der Waals surface area contributed by atoms with Gasteiger partial charge >= 0.3 is 0 Å². The summed E-state index contributed by atoms with van der Waals surface area (Å²) in [4.78, 5) is 0. The Morgan fingerprint density at radius 2 is 1.64 bits per heavy atom. The zero-order chi connectivity index (χ0) is 15.9. The van der Waals surface area contributed by atoms with E-state index in [9.17, 15) is 0 Å². The molecule has 0 radical (unpaired) electrons. The van der Waals surface area contributed by atoms with Crippen molar-refractivity contribution in [3.8, 4) is 0 Å². The first-order valence-corrected chi connectivity index (χ1v) is 10.2. The Hall–Kier alpha value is 0. The Bertz CT molecular complexity index is 546. The van der Waals surface area contributed by atoms with Crippen molar-refractivity contribution in [1.29, 1.82) is 0 Å². The first-order valence-electron chi connectivity index (χ1n) is 10.2. The molecule has 10 unspecified atom stereocenters. The molecule has 0 nitrogen and oxygen atoms in total. The van der Waals surface area contributed by atoms with Crippen molar-refractivity contribution < 1.29 is 0 Å². The minimum Gasteiger partial charge on any atom is -0.0625 e. The summed E-state index contributed by atoms with van der Waals surface area (Å²) in [6.07, 6.45) is 6.29. The van der Waals surface area contributed by atoms with Gasteiger partial charge < -0.3 is 0 Å². The van der Waals surface area contributed by atoms with Crippen LogP contribution in [0.2, 0.25) is 0 Å². The maximum absolute atomic E-state index is 2.75. The highest BCUT2D eigenvalue weighted by Crippen LogP contribution is 2.95. The van der Waals surface area contributed by atoms with Gasteiger partial charge in [-0.05, 0) is 88.8 Å². The fourth-order valence-electron chi connectivity index (χ4n) is 10.8. The lowest BCUT2D eigenvalue weighted by molar-refractivity contribution is -0.459. The van der Waals surface area contributed by atoms with E-state index in [2.05, 4.69) is 48.5 Å². The third-order valence-electron chi connectivity index (χ3n) is 11.6. The highest BCUT2D eigenvalue weighted by molar-refractivity contribution is 5.37. The Morgan fingerprint density at radius 3 is 2.27 bits per heavy atom. The van der Waals surface area contributed by atoms with E-state index in [0.717, 1.165) is 52.3 Å². The normalized spacial score (nSPS) is 70.9. The van der Waals surface area contributed by atoms with E-state index >= 15 is 0 Å². The van der Waals surface area contributed by atoms with Crippen LogP contribution < -0.4 is 0 Å². The Labute approximate surface area is 137 Å². The molecule has 6 aliphatic rings. The van der Waals surface area contributed by atoms with Crippen LogP contribution in [0, 0.1) is 63.1 Å². The van der Waals surface area contributed by atoms with Crippen molar-refractivity contribution in [2.45, 2.75) is 74.1 Å². The average Bonchev–Trinajstić information content (AvgIpc) is 2.44. The van der Waals surface area contributed by atoms with Crippen LogP contribution in [0.1, 0.15) is 74.1 Å². The van der Waals surface area contributed by atoms with Gasteiger partial charge in [-0.3, -0.25) is 0 Å². The molecule has 6 aliphatic carbocycles. The fourth-order valence-corrected chi connectivity index (χ4v) is 10.8. The van der Waals surface area contributed by atoms with Crippen molar-refractivity contribution in [1.82, 2.24) is 0 Å². The summed E-state index contributed by atoms with van der Waals surface area (Å²) in [7, 11) is 0. The molecule has 0 amide bonds. The number of fused-ring (bicyclic) bond motifs is 1. The molecule has 6 fully saturated rings. The summed E-state index contributed by atoms with van der Waals surface area (Å²) in [5.41, 5.74) is 2.74. The predicted octanol–water partition coefficient (Wildman–Crippen LogP) is 6.01. The van der Waals surface area contributed by atoms with E-state index in [4.69, 9.17) is 0 Å². The molecule has 22 heavy (non-hydrogen) atoms. The smallest absolute Gasteiger partial charge is 0.0147 e. The van der Waals surface area contributed by atoms with E-state index in [1.165, 1.54) is 0 Å². The predicted molar refractivity (Wildman–Crippen MR) is 92.3 cm³/mol. The Balaban J connectivity index is 1.80. The second kappa shape index (κ2) is 3.50. The van der Waals surface area contributed by atoms with Gasteiger partial charge in [0, 0.05) is 0 Å². The zero-order valence-electron chi connectivity index (χ0n) is 15.9. The SMILES string of the molecule is CC(C)C1C2CC34C(C)C(C)C2(C)CC32CCC1C4(C)C2C. The number of rotatable bonds is 1. The maximum Gasteiger partial charge on any atom is -0.0147 e. The van der Waals surface area contributed by atoms with Crippen LogP contribution >= 0.6 is 0 Å². The summed E-state index contributed by atoms with van der Waals surface area (Å²) in [5, 5.41) is 0. The maximum atomic E-state index is 2.75. The van der Waals surface area contributed by atoms with E-state index in [1.54, 1.807) is 25.7 Å². The lowest BCUT2D eigenvalue weighted by Gasteiger charge is -2.93. The molecular weight excluding hydrogens is 264 g/mol. The minimum atomic E-state index is 0.630. The van der Waals surface area contributed by atoms with E-state index in [1.807, 2.05) is 0 Å². The topological polar surface area (TPSA) is 0 Å². The van der Waals surface area contributed by atoms with Crippen LogP contribution in [0.5, 0.6) is 0 Å². The Morgan fingerprint density at radius 1 is 0.955 bits per heavy atom. The van der Waals surface area contributed by atoms with E-state index < -0.39 is 0 Å². The lowest BCUT2D eigenvalue weighted by atomic mass is 9.11. The summed E-state index contributed by atoms with van der Waals surface area (Å²) in [6.45, 7) is 18.5. The largest absolute Gasteiger partial charge is 0.0625 e. The van der Waals surface area contributed by atoms with Crippen molar-refractivity contribution in [2.75, 3.05) is 0 Å². The number of hydrogen-bond donors (Lipinski definition) is 0. The van der Waals surface area contributed by atoms with Gasteiger partial charge in [-0.15, -0.1) is 0 Å². The summed E-state index contributed by atoms with van der Waals surface area (Å²) < 4.78 is 0. The van der Waals surface area contributed by atoms with Gasteiger partial charge in [0.25, 0.3) is 0 Å². The third-order valence-corrected chi connectivity index (χ3v) is 11.6. The number of hydrogen-bond acceptors (Lipinski definition) is 0. The van der Waals surface area contributed by atoms with E-state index in [-0.39, 0.29) is 0 Å². The second-order valence-corrected chi connectivity index (χ2v) is 11.2. The summed E-state index contributed by atoms with van der Waals surface area (Å²) in [6, 6.07) is 0. The third kappa shape index (κ3) is 0.954. The van der Waals surface area contributed by atoms with Crippen molar-refractivity contribution in [2.24, 2.45) is 63.1 Å². The van der Waals surface area contributed by atoms with Gasteiger partial charge in [-0.2, -0.15) is 0 Å². The molecule has 0 aromatic carbocycles. The second-order valence-electron chi connectivity index (χ2n) is 11.2. The molecular formula is C22H36. The monoisotopic (exact) mass is 300 g/mol. The van der Waals surface area contributed by atoms with Gasteiger partial charge in [0.05, 0.1) is 0 Å². The molecule has 6 saturated carbocycles. The molecule has 0 aliphatic heterocycles. The standard InChI is InChI=1S/C22H36/c1-12(2)18-16-8-9-21-11-19(6)13(3)14(4)22(21,10-17(18)19)20(16,7)15(21)5/h12-18H,8-11H2,1-7H3. The highest BCUT2D eigenvalue weighted by atomic mass is 14.9. The molecule has 124 valence electrons. The van der Waals surface area contributed by atoms with Crippen molar-refractivity contribution >= 4 is 0 Å². The van der Waals surface area contributed by atoms with E-state index in [0.29, 0.717) is 10.8 Å². The van der Waals surface area contributed by atoms with Gasteiger partial charge in [0.2, 0.25) is 0 Å². The van der Waals surface area contributed by atoms with Gasteiger partial charge in [-0.1, -0.05) is 48.5 Å². The van der Waals surface area contributed by atoms with Crippen molar-refractivity contribution in [3.05, 3.63) is 0 Å². The van der Waals surface area contributed by atoms with Crippen LogP contribution in [-0.4, -0.2) is 0 Å². The van der Waals surface area contributed by atoms with Crippen LogP contribution in [0.3, 0.4) is 0 Å². The average molecular weight is 301 g/mol. The van der Waals surface area contributed by atoms with Crippen LogP contribution in [0.4, 0.5) is 0 Å². The fraction of sp³-hybridized carbons (Fsp3) is 1.00. The summed E-state index contributed by atoms with van der Waals surface area (Å²) >= 11 is 0. The van der Waals surface area contributed by atoms with Crippen molar-refractivity contribution in [3.63, 3.8) is 0 Å². The van der Waals surface area contributed by atoms with Gasteiger partial charge in [0.15, 0.2) is 0 Å². The minimum absolute atomic E-state index is 0.630. The molecule has 2 spiro atoms. The molecule has 0 aromatic rings. The van der Waals surface area contributed by atoms with Crippen LogP contribution in [0.25, 0.3) is 0 Å². The first-order chi connectivity index (χ1) is 10.2. The molecule has 0 heteroatoms. The first kappa shape index (κ1) is 14.4. The molecule has 6 rings (SSSR count). The van der Waals surface area contributed by atoms with Gasteiger partial charge in [-0.25, -0.2) is 0 Å². The molecule has 0 aromatic heterocycles. The van der Waals surface area contributed by atoms with Crippen LogP contribution in [0.15, 0.2) is 0 Å². The molecule has 0 heterocycles. The lowest BCUT2D eigenvalue weighted by Crippen LogP contribution is -2.88. The summed E-state index contributed by atoms with van der Waals surface area (Å²) in [5.74, 6) is 6.80. The zero-order valence-corrected chi connectivity index (χ0v) is 15.9. The molecule has 0 saturated heterocycles. The molecule has 10 atom stereocenters. The molecule has 0 N–H and O–H groups in total.